The lowest BCUT2D eigenvalue weighted by Crippen LogP contribution is -2.44. The molecule has 0 fully saturated rings. The molecule has 3 aromatic rings. The molecule has 1 aromatic carbocycles. The molecule has 11 heteroatoms. The first-order chi connectivity index (χ1) is 18.7. The van der Waals surface area contributed by atoms with E-state index >= 15 is 0 Å². The summed E-state index contributed by atoms with van der Waals surface area (Å²) in [6.45, 7) is 4.38. The number of esters is 1. The van der Waals surface area contributed by atoms with Gasteiger partial charge in [0.1, 0.15) is 12.4 Å². The number of rotatable bonds is 6. The van der Waals surface area contributed by atoms with E-state index in [-0.39, 0.29) is 60.6 Å². The second-order valence-electron chi connectivity index (χ2n) is 10.4. The smallest absolute Gasteiger partial charge is 0.343 e. The molecular formula is C28H30FN5O5. The molecule has 2 atom stereocenters. The van der Waals surface area contributed by atoms with Crippen molar-refractivity contribution >= 4 is 22.8 Å². The lowest BCUT2D eigenvalue weighted by atomic mass is 9.81. The number of aryl methyl sites for hydroxylation is 1. The summed E-state index contributed by atoms with van der Waals surface area (Å²) in [4.78, 5) is 43.8. The second kappa shape index (κ2) is 9.22. The molecule has 4 heterocycles. The zero-order valence-corrected chi connectivity index (χ0v) is 21.8. The molecule has 3 aliphatic rings. The van der Waals surface area contributed by atoms with Gasteiger partial charge < -0.3 is 30.8 Å². The Balaban J connectivity index is 1.56. The minimum Gasteiger partial charge on any atom is -0.458 e. The predicted molar refractivity (Wildman–Crippen MR) is 140 cm³/mol. The number of ether oxygens (including phenoxy) is 1. The van der Waals surface area contributed by atoms with Gasteiger partial charge in [-0.25, -0.2) is 14.2 Å². The number of carbonyl (C=O) groups is 2. The molecule has 0 radical (unpaired) electrons. The number of benzene rings is 1. The molecule has 1 aliphatic carbocycles. The summed E-state index contributed by atoms with van der Waals surface area (Å²) in [5.74, 6) is -1.36. The van der Waals surface area contributed by atoms with Gasteiger partial charge >= 0.3 is 5.97 Å². The molecule has 10 nitrogen and oxygen atoms in total. The molecule has 2 aliphatic heterocycles. The van der Waals surface area contributed by atoms with Crippen LogP contribution < -0.4 is 21.9 Å². The number of nitrogens with zero attached hydrogens (tertiary/aromatic N) is 2. The van der Waals surface area contributed by atoms with Crippen LogP contribution in [0.15, 0.2) is 16.9 Å². The van der Waals surface area contributed by atoms with E-state index in [0.717, 1.165) is 22.1 Å². The van der Waals surface area contributed by atoms with Gasteiger partial charge in [-0.3, -0.25) is 9.59 Å². The van der Waals surface area contributed by atoms with Crippen molar-refractivity contribution in [3.05, 3.63) is 61.7 Å². The number of hydrogen-bond acceptors (Lipinski definition) is 8. The fourth-order valence-electron chi connectivity index (χ4n) is 6.25. The predicted octanol–water partition coefficient (Wildman–Crippen LogP) is 1.18. The highest BCUT2D eigenvalue weighted by atomic mass is 19.1. The zero-order chi connectivity index (χ0) is 27.6. The summed E-state index contributed by atoms with van der Waals surface area (Å²) in [6, 6.07) is 2.66. The van der Waals surface area contributed by atoms with Crippen LogP contribution in [0.2, 0.25) is 0 Å². The molecule has 2 aromatic heterocycles. The largest absolute Gasteiger partial charge is 0.458 e. The molecule has 0 spiro atoms. The van der Waals surface area contributed by atoms with Gasteiger partial charge in [-0.15, -0.1) is 0 Å². The van der Waals surface area contributed by atoms with Crippen LogP contribution in [-0.4, -0.2) is 46.2 Å². The Kier molecular flexibility index (Phi) is 6.05. The van der Waals surface area contributed by atoms with Gasteiger partial charge in [0, 0.05) is 35.7 Å². The molecule has 0 saturated carbocycles. The average molecular weight is 536 g/mol. The van der Waals surface area contributed by atoms with Gasteiger partial charge in [0.2, 0.25) is 5.91 Å². The average Bonchev–Trinajstić information content (AvgIpc) is 3.29. The first-order valence-corrected chi connectivity index (χ1v) is 13.2. The fraction of sp³-hybridized carbons (Fsp3) is 0.429. The minimum absolute atomic E-state index is 0.0329. The van der Waals surface area contributed by atoms with Crippen LogP contribution in [0.5, 0.6) is 0 Å². The molecule has 39 heavy (non-hydrogen) atoms. The number of fused-ring (bicyclic) bond motifs is 5. The number of carbonyl (C=O) groups excluding carboxylic acids is 2. The van der Waals surface area contributed by atoms with Crippen LogP contribution in [0.4, 0.5) is 4.39 Å². The molecule has 5 N–H and O–H groups in total. The third-order valence-corrected chi connectivity index (χ3v) is 8.32. The van der Waals surface area contributed by atoms with Gasteiger partial charge in [-0.1, -0.05) is 6.92 Å². The highest BCUT2D eigenvalue weighted by Crippen LogP contribution is 2.45. The third-order valence-electron chi connectivity index (χ3n) is 8.32. The maximum absolute atomic E-state index is 15.0. The van der Waals surface area contributed by atoms with Crippen LogP contribution in [0.1, 0.15) is 59.2 Å². The molecule has 1 amide bonds. The van der Waals surface area contributed by atoms with Crippen molar-refractivity contribution in [2.24, 2.45) is 5.73 Å². The van der Waals surface area contributed by atoms with E-state index in [9.17, 15) is 23.9 Å². The summed E-state index contributed by atoms with van der Waals surface area (Å²) in [5.41, 5.74) is 7.99. The highest BCUT2D eigenvalue weighted by Gasteiger charge is 2.46. The summed E-state index contributed by atoms with van der Waals surface area (Å²) in [5, 5.41) is 18.1. The summed E-state index contributed by atoms with van der Waals surface area (Å²) < 4.78 is 21.7. The number of amides is 1. The Labute approximate surface area is 223 Å². The van der Waals surface area contributed by atoms with Gasteiger partial charge in [0.05, 0.1) is 41.6 Å². The highest BCUT2D eigenvalue weighted by molar-refractivity contribution is 5.94. The Hall–Kier alpha value is -3.67. The quantitative estimate of drug-likeness (QED) is 0.213. The molecule has 204 valence electrons. The van der Waals surface area contributed by atoms with E-state index in [0.29, 0.717) is 48.4 Å². The van der Waals surface area contributed by atoms with E-state index in [1.807, 2.05) is 0 Å². The molecule has 0 bridgehead atoms. The monoisotopic (exact) mass is 535 g/mol. The van der Waals surface area contributed by atoms with E-state index in [1.165, 1.54) is 6.07 Å². The van der Waals surface area contributed by atoms with Crippen molar-refractivity contribution in [3.63, 3.8) is 0 Å². The lowest BCUT2D eigenvalue weighted by Gasteiger charge is -2.31. The Morgan fingerprint density at radius 1 is 1.31 bits per heavy atom. The van der Waals surface area contributed by atoms with Crippen LogP contribution in [-0.2, 0) is 39.5 Å². The molecular weight excluding hydrogens is 505 g/mol. The Morgan fingerprint density at radius 2 is 2.10 bits per heavy atom. The minimum atomic E-state index is -1.94. The lowest BCUT2D eigenvalue weighted by molar-refractivity contribution is -0.172. The number of nitrogens with two attached hydrogens (primary N) is 1. The zero-order valence-electron chi connectivity index (χ0n) is 21.8. The Morgan fingerprint density at radius 3 is 2.85 bits per heavy atom. The summed E-state index contributed by atoms with van der Waals surface area (Å²) in [6.07, 6.45) is 1.16. The first kappa shape index (κ1) is 25.6. The van der Waals surface area contributed by atoms with Crippen molar-refractivity contribution in [2.45, 2.75) is 57.9 Å². The van der Waals surface area contributed by atoms with Gasteiger partial charge in [-0.2, -0.15) is 0 Å². The molecule has 0 unspecified atom stereocenters. The van der Waals surface area contributed by atoms with Crippen LogP contribution in [0.25, 0.3) is 22.3 Å². The van der Waals surface area contributed by atoms with Crippen molar-refractivity contribution in [2.75, 3.05) is 19.6 Å². The Bertz CT molecular complexity index is 1630. The number of cyclic esters (lactones) is 1. The SMILES string of the molecule is CC[C@@]1(O)C(=O)OCc2c1cc1n(c2=O)Cc2c-1nc1cc(F)c(C)c3c1c2[C@@H](NC(=O)CNCCN)CC3. The third kappa shape index (κ3) is 3.71. The number of aromatic nitrogens is 2. The van der Waals surface area contributed by atoms with Gasteiger partial charge in [-0.05, 0) is 48.9 Å². The number of pyridine rings is 2. The van der Waals surface area contributed by atoms with Crippen molar-refractivity contribution in [1.82, 2.24) is 20.2 Å². The van der Waals surface area contributed by atoms with Crippen molar-refractivity contribution in [3.8, 4) is 11.4 Å². The van der Waals surface area contributed by atoms with Crippen molar-refractivity contribution in [1.29, 1.82) is 0 Å². The van der Waals surface area contributed by atoms with Gasteiger partial charge in [0.15, 0.2) is 5.60 Å². The van der Waals surface area contributed by atoms with Gasteiger partial charge in [0.25, 0.3) is 5.56 Å². The first-order valence-electron chi connectivity index (χ1n) is 13.2. The normalized spacial score (nSPS) is 20.8. The number of aliphatic hydroxyl groups is 1. The standard InChI is InChI=1S/C28H30FN5O5/c1-3-28(38)17-8-21-25-15(11-34(21)26(36)16(17)12-39-27(28)37)24-19(32-22(35)10-31-7-6-30)5-4-14-13(2)18(29)9-20(33-25)23(14)24/h8-9,19,31,38H,3-7,10-12,30H2,1-2H3,(H,32,35)/t19-,28-/m0/s1. The second-order valence-corrected chi connectivity index (χ2v) is 10.4. The van der Waals surface area contributed by atoms with Crippen LogP contribution >= 0.6 is 0 Å². The van der Waals surface area contributed by atoms with Crippen molar-refractivity contribution < 1.29 is 23.8 Å². The summed E-state index contributed by atoms with van der Waals surface area (Å²) >= 11 is 0. The number of halogens is 1. The number of hydrogen-bond donors (Lipinski definition) is 4. The number of nitrogens with one attached hydrogen (secondary N) is 2. The van der Waals surface area contributed by atoms with Crippen LogP contribution in [0.3, 0.4) is 0 Å². The van der Waals surface area contributed by atoms with Crippen LogP contribution in [0, 0.1) is 12.7 Å². The van der Waals surface area contributed by atoms with E-state index in [4.69, 9.17) is 15.5 Å². The maximum Gasteiger partial charge on any atom is 0.343 e. The fourth-order valence-corrected chi connectivity index (χ4v) is 6.25. The summed E-state index contributed by atoms with van der Waals surface area (Å²) in [7, 11) is 0. The maximum atomic E-state index is 15.0. The van der Waals surface area contributed by atoms with E-state index in [2.05, 4.69) is 10.6 Å². The molecule has 0 saturated heterocycles. The topological polar surface area (TPSA) is 149 Å². The van der Waals surface area contributed by atoms with E-state index in [1.54, 1.807) is 24.5 Å². The molecule has 6 rings (SSSR count). The van der Waals surface area contributed by atoms with E-state index < -0.39 is 11.6 Å².